The Balaban J connectivity index is 0. The van der Waals surface area contributed by atoms with Crippen molar-refractivity contribution >= 4 is 0 Å². The van der Waals surface area contributed by atoms with Crippen molar-refractivity contribution in [1.29, 1.82) is 0 Å². The van der Waals surface area contributed by atoms with Crippen LogP contribution >= 0.6 is 0 Å². The molecule has 0 heterocycles. The lowest BCUT2D eigenvalue weighted by Gasteiger charge is -2.46. The number of rotatable bonds is 5. The van der Waals surface area contributed by atoms with Gasteiger partial charge in [-0.15, -0.1) is 0 Å². The molecule has 0 aromatic heterocycles. The minimum atomic E-state index is -0.0419. The van der Waals surface area contributed by atoms with Gasteiger partial charge in [-0.25, -0.2) is 0 Å². The summed E-state index contributed by atoms with van der Waals surface area (Å²) >= 11 is 0. The molecule has 0 aliphatic heterocycles. The van der Waals surface area contributed by atoms with Crippen molar-refractivity contribution in [2.45, 2.75) is 97.8 Å². The first-order chi connectivity index (χ1) is 9.18. The van der Waals surface area contributed by atoms with Crippen molar-refractivity contribution in [3.63, 3.8) is 0 Å². The maximum atomic E-state index is 5.60. The second kappa shape index (κ2) is 8.38. The summed E-state index contributed by atoms with van der Waals surface area (Å²) in [5.74, 6) is 0.924. The molecule has 0 N–H and O–H groups in total. The normalized spacial score (nSPS) is 24.3. The summed E-state index contributed by atoms with van der Waals surface area (Å²) in [6, 6.07) is 0.754. The van der Waals surface area contributed by atoms with Gasteiger partial charge in [0.05, 0.1) is 5.60 Å². The van der Waals surface area contributed by atoms with Gasteiger partial charge in [-0.3, -0.25) is 4.90 Å². The van der Waals surface area contributed by atoms with Crippen LogP contribution in [0.1, 0.15) is 82.0 Å². The second-order valence-corrected chi connectivity index (χ2v) is 7.48. The molecule has 1 aliphatic rings. The monoisotopic (exact) mass is 287 g/mol. The summed E-state index contributed by atoms with van der Waals surface area (Å²) in [4.78, 5) is 2.60. The van der Waals surface area contributed by atoms with E-state index >= 15 is 0 Å². The van der Waals surface area contributed by atoms with Gasteiger partial charge in [0.25, 0.3) is 0 Å². The number of hydrogen-bond acceptors (Lipinski definition) is 2. The van der Waals surface area contributed by atoms with Crippen LogP contribution in [0.3, 0.4) is 0 Å². The SMILES string of the molecule is CC.COC(C)(C)CC(C)(C)N(C)C1CCC(C)CC1.[HH]. The average Bonchev–Trinajstić information content (AvgIpc) is 2.40. The molecule has 1 aliphatic carbocycles. The molecule has 20 heavy (non-hydrogen) atoms. The van der Waals surface area contributed by atoms with Crippen molar-refractivity contribution in [1.82, 2.24) is 4.90 Å². The van der Waals surface area contributed by atoms with Gasteiger partial charge in [0.15, 0.2) is 0 Å². The highest BCUT2D eigenvalue weighted by molar-refractivity contribution is 4.91. The minimum absolute atomic E-state index is 0. The Labute approximate surface area is 129 Å². The Kier molecular flexibility index (Phi) is 8.35. The predicted octanol–water partition coefficient (Wildman–Crippen LogP) is 5.36. The molecule has 0 aromatic rings. The third kappa shape index (κ3) is 6.13. The number of methoxy groups -OCH3 is 1. The molecule has 1 fully saturated rings. The largest absolute Gasteiger partial charge is 0.379 e. The molecule has 0 bridgehead atoms. The number of ether oxygens (including phenoxy) is 1. The molecule has 0 aromatic carbocycles. The third-order valence-corrected chi connectivity index (χ3v) is 4.90. The molecule has 2 nitrogen and oxygen atoms in total. The van der Waals surface area contributed by atoms with Crippen molar-refractivity contribution < 1.29 is 6.16 Å². The van der Waals surface area contributed by atoms with Crippen molar-refractivity contribution in [2.24, 2.45) is 5.92 Å². The lowest BCUT2D eigenvalue weighted by atomic mass is 9.82. The van der Waals surface area contributed by atoms with E-state index in [1.54, 1.807) is 0 Å². The lowest BCUT2D eigenvalue weighted by molar-refractivity contribution is -0.0394. The van der Waals surface area contributed by atoms with Crippen LogP contribution in [0.15, 0.2) is 0 Å². The summed E-state index contributed by atoms with van der Waals surface area (Å²) in [6.45, 7) is 15.5. The summed E-state index contributed by atoms with van der Waals surface area (Å²) in [5, 5.41) is 0. The first-order valence-corrected chi connectivity index (χ1v) is 8.46. The molecule has 1 saturated carbocycles. The van der Waals surface area contributed by atoms with E-state index in [9.17, 15) is 0 Å². The summed E-state index contributed by atoms with van der Waals surface area (Å²) < 4.78 is 5.60. The van der Waals surface area contributed by atoms with E-state index in [2.05, 4.69) is 46.6 Å². The van der Waals surface area contributed by atoms with Gasteiger partial charge >= 0.3 is 0 Å². The van der Waals surface area contributed by atoms with Gasteiger partial charge in [-0.2, -0.15) is 0 Å². The molecule has 0 unspecified atom stereocenters. The third-order valence-electron chi connectivity index (χ3n) is 4.90. The van der Waals surface area contributed by atoms with Crippen LogP contribution in [0.25, 0.3) is 0 Å². The second-order valence-electron chi connectivity index (χ2n) is 7.48. The maximum absolute atomic E-state index is 5.60. The zero-order valence-electron chi connectivity index (χ0n) is 15.5. The van der Waals surface area contributed by atoms with E-state index in [0.29, 0.717) is 0 Å². The van der Waals surface area contributed by atoms with Crippen LogP contribution in [0.5, 0.6) is 0 Å². The molecule has 0 amide bonds. The van der Waals surface area contributed by atoms with E-state index in [-0.39, 0.29) is 12.6 Å². The standard InChI is InChI=1S/C16H33NO.C2H6.H2/c1-13-8-10-14(11-9-13)17(6)15(2,3)12-16(4,5)18-7;1-2;/h13-14H,8-12H2,1-7H3;1-2H3;1H. The Hall–Kier alpha value is -0.0800. The quantitative estimate of drug-likeness (QED) is 0.674. The van der Waals surface area contributed by atoms with Crippen molar-refractivity contribution in [2.75, 3.05) is 14.2 Å². The zero-order valence-corrected chi connectivity index (χ0v) is 15.5. The fourth-order valence-electron chi connectivity index (χ4n) is 3.36. The highest BCUT2D eigenvalue weighted by Crippen LogP contribution is 2.34. The maximum Gasteiger partial charge on any atom is 0.0640 e. The topological polar surface area (TPSA) is 12.5 Å². The van der Waals surface area contributed by atoms with Gasteiger partial charge in [0.2, 0.25) is 0 Å². The molecule has 0 radical (unpaired) electrons. The fourth-order valence-corrected chi connectivity index (χ4v) is 3.36. The molecule has 0 spiro atoms. The highest BCUT2D eigenvalue weighted by atomic mass is 16.5. The van der Waals surface area contributed by atoms with Crippen LogP contribution in [-0.4, -0.2) is 36.2 Å². The highest BCUT2D eigenvalue weighted by Gasteiger charge is 2.36. The summed E-state index contributed by atoms with van der Waals surface area (Å²) in [7, 11) is 4.12. The van der Waals surface area contributed by atoms with Crippen molar-refractivity contribution in [3.05, 3.63) is 0 Å². The molecular weight excluding hydrogens is 246 g/mol. The molecule has 2 heteroatoms. The summed E-state index contributed by atoms with van der Waals surface area (Å²) in [6.07, 6.45) is 6.56. The molecule has 124 valence electrons. The Morgan fingerprint density at radius 1 is 1.05 bits per heavy atom. The van der Waals surface area contributed by atoms with E-state index in [0.717, 1.165) is 18.4 Å². The summed E-state index contributed by atoms with van der Waals surface area (Å²) in [5.41, 5.74) is 0.157. The fraction of sp³-hybridized carbons (Fsp3) is 1.00. The average molecular weight is 288 g/mol. The molecule has 1 rings (SSSR count). The van der Waals surface area contributed by atoms with E-state index in [4.69, 9.17) is 4.74 Å². The Bertz CT molecular complexity index is 258. The zero-order chi connectivity index (χ0) is 16.0. The first-order valence-electron chi connectivity index (χ1n) is 8.46. The van der Waals surface area contributed by atoms with Gasteiger partial charge in [0.1, 0.15) is 0 Å². The smallest absolute Gasteiger partial charge is 0.0640 e. The van der Waals surface area contributed by atoms with Crippen LogP contribution in [0.4, 0.5) is 0 Å². The lowest BCUT2D eigenvalue weighted by Crippen LogP contribution is -2.51. The van der Waals surface area contributed by atoms with Gasteiger partial charge in [-0.05, 0) is 72.8 Å². The van der Waals surface area contributed by atoms with Crippen LogP contribution in [0.2, 0.25) is 0 Å². The Morgan fingerprint density at radius 2 is 1.50 bits per heavy atom. The van der Waals surface area contributed by atoms with Gasteiger partial charge in [-0.1, -0.05) is 20.8 Å². The van der Waals surface area contributed by atoms with Gasteiger partial charge < -0.3 is 4.74 Å². The molecule has 0 atom stereocenters. The predicted molar refractivity (Wildman–Crippen MR) is 92.4 cm³/mol. The minimum Gasteiger partial charge on any atom is -0.379 e. The van der Waals surface area contributed by atoms with Crippen LogP contribution < -0.4 is 0 Å². The molecular formula is C18H41NO. The van der Waals surface area contributed by atoms with Crippen LogP contribution in [0, 0.1) is 5.92 Å². The van der Waals surface area contributed by atoms with E-state index in [1.165, 1.54) is 25.7 Å². The number of hydrogen-bond donors (Lipinski definition) is 0. The number of nitrogens with zero attached hydrogens (tertiary/aromatic N) is 1. The van der Waals surface area contributed by atoms with Gasteiger partial charge in [0, 0.05) is 20.1 Å². The Morgan fingerprint density at radius 3 is 1.90 bits per heavy atom. The van der Waals surface area contributed by atoms with Crippen molar-refractivity contribution in [3.8, 4) is 0 Å². The first kappa shape index (κ1) is 19.9. The molecule has 0 saturated heterocycles. The van der Waals surface area contributed by atoms with E-state index < -0.39 is 0 Å². The van der Waals surface area contributed by atoms with Crippen LogP contribution in [-0.2, 0) is 4.74 Å². The van der Waals surface area contributed by atoms with E-state index in [1.807, 2.05) is 21.0 Å².